The van der Waals surface area contributed by atoms with Crippen LogP contribution in [0.5, 0.6) is 0 Å². The van der Waals surface area contributed by atoms with E-state index < -0.39 is 11.5 Å². The van der Waals surface area contributed by atoms with Gasteiger partial charge in [-0.2, -0.15) is 0 Å². The van der Waals surface area contributed by atoms with Gasteiger partial charge < -0.3 is 25.2 Å². The van der Waals surface area contributed by atoms with Crippen molar-refractivity contribution in [1.29, 1.82) is 0 Å². The van der Waals surface area contributed by atoms with Crippen LogP contribution in [0.25, 0.3) is 0 Å². The lowest BCUT2D eigenvalue weighted by Crippen LogP contribution is -2.62. The van der Waals surface area contributed by atoms with E-state index in [1.165, 1.54) is 0 Å². The maximum Gasteiger partial charge on any atom is 0.317 e. The standard InChI is InChI=1S/C21H29N5O4/c1-24(2)18(27)16-12-14-13-25(20(29)22-8-11-30-3)9-10-26(14)21(16)15-6-4-5-7-17(15)23-19(21)28/h4-7,14,16H,8-13H2,1-3H3,(H,22,29)(H,23,28)/t14-,16+,21-/m1/s1. The number of para-hydroxylation sites is 1. The summed E-state index contributed by atoms with van der Waals surface area (Å²) in [4.78, 5) is 44.6. The first-order valence-electron chi connectivity index (χ1n) is 10.3. The van der Waals surface area contributed by atoms with E-state index in [-0.39, 0.29) is 23.9 Å². The van der Waals surface area contributed by atoms with Crippen molar-refractivity contribution in [3.63, 3.8) is 0 Å². The third-order valence-electron chi connectivity index (χ3n) is 6.49. The summed E-state index contributed by atoms with van der Waals surface area (Å²) in [5, 5.41) is 5.86. The summed E-state index contributed by atoms with van der Waals surface area (Å²) in [6.07, 6.45) is 0.528. The van der Waals surface area contributed by atoms with Crippen LogP contribution in [0, 0.1) is 5.92 Å². The third kappa shape index (κ3) is 3.04. The van der Waals surface area contributed by atoms with Crippen molar-refractivity contribution in [3.05, 3.63) is 29.8 Å². The molecule has 4 amide bonds. The minimum atomic E-state index is -1.03. The van der Waals surface area contributed by atoms with E-state index in [4.69, 9.17) is 4.74 Å². The molecule has 2 saturated heterocycles. The Labute approximate surface area is 176 Å². The Morgan fingerprint density at radius 3 is 2.80 bits per heavy atom. The zero-order valence-electron chi connectivity index (χ0n) is 17.7. The van der Waals surface area contributed by atoms with Crippen LogP contribution in [-0.4, -0.2) is 92.6 Å². The number of hydrogen-bond acceptors (Lipinski definition) is 5. The lowest BCUT2D eigenvalue weighted by atomic mass is 9.78. The summed E-state index contributed by atoms with van der Waals surface area (Å²) < 4.78 is 4.99. The van der Waals surface area contributed by atoms with Gasteiger partial charge in [-0.05, 0) is 12.5 Å². The number of hydrogen-bond donors (Lipinski definition) is 2. The summed E-state index contributed by atoms with van der Waals surface area (Å²) in [7, 11) is 5.04. The van der Waals surface area contributed by atoms with Crippen LogP contribution < -0.4 is 10.6 Å². The molecular formula is C21H29N5O4. The first-order chi connectivity index (χ1) is 14.4. The Hall–Kier alpha value is -2.65. The minimum Gasteiger partial charge on any atom is -0.383 e. The van der Waals surface area contributed by atoms with Gasteiger partial charge in [0.2, 0.25) is 11.8 Å². The maximum atomic E-state index is 13.4. The summed E-state index contributed by atoms with van der Waals surface area (Å²) in [5.74, 6) is -0.714. The molecule has 1 spiro atoms. The fourth-order valence-electron chi connectivity index (χ4n) is 5.21. The smallest absolute Gasteiger partial charge is 0.317 e. The van der Waals surface area contributed by atoms with Crippen LogP contribution in [0.4, 0.5) is 10.5 Å². The fraction of sp³-hybridized carbons (Fsp3) is 0.571. The molecule has 0 unspecified atom stereocenters. The van der Waals surface area contributed by atoms with E-state index in [1.54, 1.807) is 31.0 Å². The van der Waals surface area contributed by atoms with Crippen LogP contribution in [0.2, 0.25) is 0 Å². The number of nitrogens with one attached hydrogen (secondary N) is 2. The Bertz CT molecular complexity index is 860. The van der Waals surface area contributed by atoms with Crippen LogP contribution >= 0.6 is 0 Å². The molecule has 162 valence electrons. The normalized spacial score (nSPS) is 27.6. The molecule has 0 radical (unpaired) electrons. The molecule has 1 aromatic carbocycles. The number of carbonyl (C=O) groups excluding carboxylic acids is 3. The molecule has 3 aliphatic heterocycles. The van der Waals surface area contributed by atoms with Crippen molar-refractivity contribution in [3.8, 4) is 0 Å². The minimum absolute atomic E-state index is 0.0626. The number of benzene rings is 1. The van der Waals surface area contributed by atoms with Crippen molar-refractivity contribution >= 4 is 23.5 Å². The molecule has 0 aliphatic carbocycles. The molecule has 1 aromatic rings. The number of anilines is 1. The van der Waals surface area contributed by atoms with Crippen molar-refractivity contribution in [1.82, 2.24) is 20.0 Å². The maximum absolute atomic E-state index is 13.4. The number of amides is 4. The van der Waals surface area contributed by atoms with E-state index in [0.29, 0.717) is 39.2 Å². The van der Waals surface area contributed by atoms with Gasteiger partial charge in [-0.25, -0.2) is 4.79 Å². The molecule has 3 aliphatic rings. The van der Waals surface area contributed by atoms with E-state index in [0.717, 1.165) is 11.3 Å². The third-order valence-corrected chi connectivity index (χ3v) is 6.49. The average Bonchev–Trinajstić information content (AvgIpc) is 3.23. The van der Waals surface area contributed by atoms with Gasteiger partial charge in [0.05, 0.1) is 12.5 Å². The zero-order chi connectivity index (χ0) is 21.5. The van der Waals surface area contributed by atoms with Crippen molar-refractivity contribution < 1.29 is 19.1 Å². The van der Waals surface area contributed by atoms with Crippen molar-refractivity contribution in [2.75, 3.05) is 59.3 Å². The summed E-state index contributed by atoms with van der Waals surface area (Å²) in [6.45, 7) is 2.40. The first-order valence-corrected chi connectivity index (χ1v) is 10.3. The largest absolute Gasteiger partial charge is 0.383 e. The lowest BCUT2D eigenvalue weighted by Gasteiger charge is -2.44. The second-order valence-corrected chi connectivity index (χ2v) is 8.31. The highest BCUT2D eigenvalue weighted by Crippen LogP contribution is 2.53. The highest BCUT2D eigenvalue weighted by Gasteiger charge is 2.65. The Morgan fingerprint density at radius 1 is 1.30 bits per heavy atom. The molecule has 3 heterocycles. The molecule has 4 rings (SSSR count). The first kappa shape index (κ1) is 20.6. The SMILES string of the molecule is COCCNC(=O)N1CCN2[C@H](C[C@@H](C(=O)N(C)C)[C@]23C(=O)Nc2ccccc23)C1. The number of nitrogens with zero attached hydrogens (tertiary/aromatic N) is 3. The lowest BCUT2D eigenvalue weighted by molar-refractivity contribution is -0.143. The van der Waals surface area contributed by atoms with Gasteiger partial charge >= 0.3 is 6.03 Å². The van der Waals surface area contributed by atoms with Gasteiger partial charge in [-0.15, -0.1) is 0 Å². The van der Waals surface area contributed by atoms with Gasteiger partial charge in [0.25, 0.3) is 0 Å². The number of carbonyl (C=O) groups is 3. The summed E-state index contributed by atoms with van der Waals surface area (Å²) in [6, 6.07) is 7.40. The molecular weight excluding hydrogens is 386 g/mol. The van der Waals surface area contributed by atoms with Gasteiger partial charge in [0, 0.05) is 64.7 Å². The monoisotopic (exact) mass is 415 g/mol. The molecule has 30 heavy (non-hydrogen) atoms. The van der Waals surface area contributed by atoms with Gasteiger partial charge in [-0.1, -0.05) is 18.2 Å². The van der Waals surface area contributed by atoms with Crippen LogP contribution in [0.15, 0.2) is 24.3 Å². The van der Waals surface area contributed by atoms with Crippen molar-refractivity contribution in [2.45, 2.75) is 18.0 Å². The quantitative estimate of drug-likeness (QED) is 0.689. The number of piperazine rings is 1. The van der Waals surface area contributed by atoms with E-state index in [1.807, 2.05) is 24.3 Å². The van der Waals surface area contributed by atoms with Crippen molar-refractivity contribution in [2.24, 2.45) is 5.92 Å². The number of ether oxygens (including phenoxy) is 1. The van der Waals surface area contributed by atoms with Gasteiger partial charge in [0.15, 0.2) is 0 Å². The average molecular weight is 415 g/mol. The van der Waals surface area contributed by atoms with Crippen LogP contribution in [0.3, 0.4) is 0 Å². The molecule has 9 nitrogen and oxygen atoms in total. The van der Waals surface area contributed by atoms with Gasteiger partial charge in [-0.3, -0.25) is 14.5 Å². The van der Waals surface area contributed by atoms with Gasteiger partial charge in [0.1, 0.15) is 5.54 Å². The number of rotatable bonds is 4. The van der Waals surface area contributed by atoms with Crippen LogP contribution in [0.1, 0.15) is 12.0 Å². The second-order valence-electron chi connectivity index (χ2n) is 8.31. The molecule has 0 bridgehead atoms. The molecule has 0 saturated carbocycles. The molecule has 3 atom stereocenters. The highest BCUT2D eigenvalue weighted by molar-refractivity contribution is 6.09. The van der Waals surface area contributed by atoms with E-state index in [9.17, 15) is 14.4 Å². The Morgan fingerprint density at radius 2 is 2.07 bits per heavy atom. The highest BCUT2D eigenvalue weighted by atomic mass is 16.5. The van der Waals surface area contributed by atoms with E-state index in [2.05, 4.69) is 15.5 Å². The summed E-state index contributed by atoms with van der Waals surface area (Å²) >= 11 is 0. The molecule has 2 fully saturated rings. The fourth-order valence-corrected chi connectivity index (χ4v) is 5.21. The topological polar surface area (TPSA) is 94.2 Å². The Balaban J connectivity index is 1.65. The predicted octanol–water partition coefficient (Wildman–Crippen LogP) is 0.284. The molecule has 0 aromatic heterocycles. The Kier molecular flexibility index (Phi) is 5.42. The molecule has 9 heteroatoms. The molecule has 2 N–H and O–H groups in total. The number of urea groups is 1. The van der Waals surface area contributed by atoms with E-state index >= 15 is 0 Å². The zero-order valence-corrected chi connectivity index (χ0v) is 17.7. The number of fused-ring (bicyclic) bond motifs is 4. The second kappa shape index (κ2) is 7.88. The van der Waals surface area contributed by atoms with Crippen LogP contribution in [-0.2, 0) is 19.9 Å². The number of methoxy groups -OCH3 is 1. The predicted molar refractivity (Wildman–Crippen MR) is 111 cm³/mol. The summed E-state index contributed by atoms with van der Waals surface area (Å²) in [5.41, 5.74) is 0.594.